The second kappa shape index (κ2) is 10.4. The molecule has 0 radical (unpaired) electrons. The molecule has 1 aromatic carbocycles. The van der Waals surface area contributed by atoms with E-state index in [1.807, 2.05) is 43.0 Å². The van der Waals surface area contributed by atoms with Gasteiger partial charge in [0.05, 0.1) is 25.1 Å². The fourth-order valence-corrected chi connectivity index (χ4v) is 3.90. The van der Waals surface area contributed by atoms with Crippen molar-refractivity contribution < 1.29 is 19.0 Å². The number of carbonyl (C=O) groups excluding carboxylic acids is 1. The summed E-state index contributed by atoms with van der Waals surface area (Å²) >= 11 is 5.40. The summed E-state index contributed by atoms with van der Waals surface area (Å²) in [7, 11) is 5.41. The molecule has 2 atom stereocenters. The van der Waals surface area contributed by atoms with Crippen LogP contribution in [0.15, 0.2) is 12.1 Å². The van der Waals surface area contributed by atoms with Crippen LogP contribution in [0, 0.1) is 5.92 Å². The molecule has 1 aromatic rings. The number of anilines is 2. The molecule has 1 amide bonds. The van der Waals surface area contributed by atoms with Gasteiger partial charge in [-0.15, -0.1) is 0 Å². The number of hydrogen-bond acceptors (Lipinski definition) is 5. The van der Waals surface area contributed by atoms with Crippen molar-refractivity contribution in [3.05, 3.63) is 17.7 Å². The van der Waals surface area contributed by atoms with E-state index in [1.165, 1.54) is 0 Å². The smallest absolute Gasteiger partial charge is 0.229 e. The number of fused-ring (bicyclic) bond motifs is 1. The number of benzene rings is 1. The maximum absolute atomic E-state index is 13.1. The fourth-order valence-electron chi connectivity index (χ4n) is 3.79. The van der Waals surface area contributed by atoms with Crippen molar-refractivity contribution in [2.24, 2.45) is 5.92 Å². The third kappa shape index (κ3) is 5.42. The predicted molar refractivity (Wildman–Crippen MR) is 122 cm³/mol. The van der Waals surface area contributed by atoms with Crippen LogP contribution in [0.2, 0.25) is 0 Å². The topological polar surface area (TPSA) is 63.3 Å². The summed E-state index contributed by atoms with van der Waals surface area (Å²) in [6.07, 6.45) is 4.58. The number of ether oxygens (including phenoxy) is 3. The molecule has 0 aliphatic carbocycles. The lowest BCUT2D eigenvalue weighted by Gasteiger charge is -2.28. The lowest BCUT2D eigenvalue weighted by atomic mass is 10.0. The highest BCUT2D eigenvalue weighted by atomic mass is 32.1. The molecule has 2 heterocycles. The number of aryl methyl sites for hydroxylation is 1. The summed E-state index contributed by atoms with van der Waals surface area (Å²) in [4.78, 5) is 16.8. The van der Waals surface area contributed by atoms with Crippen molar-refractivity contribution in [2.75, 3.05) is 51.2 Å². The summed E-state index contributed by atoms with van der Waals surface area (Å²) in [5.41, 5.74) is 2.80. The van der Waals surface area contributed by atoms with E-state index in [2.05, 4.69) is 5.32 Å². The zero-order valence-corrected chi connectivity index (χ0v) is 19.2. The zero-order valence-electron chi connectivity index (χ0n) is 18.4. The van der Waals surface area contributed by atoms with Crippen LogP contribution in [0.5, 0.6) is 5.75 Å². The van der Waals surface area contributed by atoms with Crippen LogP contribution < -0.4 is 15.0 Å². The molecule has 166 valence electrons. The molecular weight excluding hydrogens is 402 g/mol. The second-order valence-electron chi connectivity index (χ2n) is 8.10. The minimum Gasteiger partial charge on any atom is -0.494 e. The van der Waals surface area contributed by atoms with Gasteiger partial charge in [0, 0.05) is 39.2 Å². The average molecular weight is 436 g/mol. The first-order valence-corrected chi connectivity index (χ1v) is 11.0. The molecule has 0 saturated carbocycles. The summed E-state index contributed by atoms with van der Waals surface area (Å²) in [6.45, 7) is 3.66. The molecule has 0 bridgehead atoms. The second-order valence-corrected chi connectivity index (χ2v) is 8.49. The van der Waals surface area contributed by atoms with Crippen molar-refractivity contribution >= 4 is 34.6 Å². The van der Waals surface area contributed by atoms with Gasteiger partial charge in [0.2, 0.25) is 5.91 Å². The molecule has 2 aliphatic rings. The molecule has 0 aromatic heterocycles. The maximum Gasteiger partial charge on any atom is 0.229 e. The Morgan fingerprint density at radius 1 is 1.33 bits per heavy atom. The highest BCUT2D eigenvalue weighted by Gasteiger charge is 2.29. The zero-order chi connectivity index (χ0) is 21.7. The van der Waals surface area contributed by atoms with Crippen LogP contribution in [-0.4, -0.2) is 63.2 Å². The van der Waals surface area contributed by atoms with E-state index in [-0.39, 0.29) is 18.1 Å². The monoisotopic (exact) mass is 435 g/mol. The SMILES string of the molecule is COc1cc2c(cc1NC(=S)N(C)C)CCC(C)C(=O)N2CCOC1CCCCO1. The third-order valence-corrected chi connectivity index (χ3v) is 6.10. The van der Waals surface area contributed by atoms with Gasteiger partial charge >= 0.3 is 0 Å². The van der Waals surface area contributed by atoms with Gasteiger partial charge in [-0.05, 0) is 56.0 Å². The van der Waals surface area contributed by atoms with Gasteiger partial charge in [0.15, 0.2) is 11.4 Å². The molecule has 1 saturated heterocycles. The van der Waals surface area contributed by atoms with Crippen molar-refractivity contribution in [1.29, 1.82) is 0 Å². The lowest BCUT2D eigenvalue weighted by Crippen LogP contribution is -2.38. The van der Waals surface area contributed by atoms with Gasteiger partial charge < -0.3 is 29.3 Å². The van der Waals surface area contributed by atoms with Crippen LogP contribution in [0.1, 0.15) is 38.2 Å². The number of hydrogen-bond donors (Lipinski definition) is 1. The van der Waals surface area contributed by atoms with E-state index in [0.29, 0.717) is 24.0 Å². The predicted octanol–water partition coefficient (Wildman–Crippen LogP) is 3.41. The first kappa shape index (κ1) is 22.8. The molecule has 2 unspecified atom stereocenters. The molecule has 7 nitrogen and oxygen atoms in total. The lowest BCUT2D eigenvalue weighted by molar-refractivity contribution is -0.161. The normalized spacial score (nSPS) is 21.6. The Balaban J connectivity index is 1.82. The van der Waals surface area contributed by atoms with Crippen LogP contribution in [-0.2, 0) is 20.7 Å². The number of thiocarbonyl (C=S) groups is 1. The standard InChI is InChI=1S/C22H33N3O4S/c1-15-8-9-16-13-17(23-22(30)24(2)3)19(27-4)14-18(16)25(21(15)26)10-12-29-20-7-5-6-11-28-20/h13-15,20H,5-12H2,1-4H3,(H,23,30). The Labute approximate surface area is 184 Å². The van der Waals surface area contributed by atoms with E-state index in [4.69, 9.17) is 26.4 Å². The summed E-state index contributed by atoms with van der Waals surface area (Å²) in [6, 6.07) is 3.98. The molecule has 30 heavy (non-hydrogen) atoms. The summed E-state index contributed by atoms with van der Waals surface area (Å²) in [5, 5.41) is 3.84. The Hall–Kier alpha value is -1.90. The molecule has 0 spiro atoms. The molecule has 2 aliphatic heterocycles. The van der Waals surface area contributed by atoms with Crippen molar-refractivity contribution in [1.82, 2.24) is 4.90 Å². The van der Waals surface area contributed by atoms with Gasteiger partial charge in [-0.3, -0.25) is 4.79 Å². The van der Waals surface area contributed by atoms with Crippen LogP contribution >= 0.6 is 12.2 Å². The van der Waals surface area contributed by atoms with E-state index < -0.39 is 0 Å². The molecule has 8 heteroatoms. The van der Waals surface area contributed by atoms with Gasteiger partial charge in [-0.2, -0.15) is 0 Å². The quantitative estimate of drug-likeness (QED) is 0.687. The highest BCUT2D eigenvalue weighted by molar-refractivity contribution is 7.80. The largest absolute Gasteiger partial charge is 0.494 e. The van der Waals surface area contributed by atoms with Gasteiger partial charge in [-0.25, -0.2) is 0 Å². The molecule has 3 rings (SSSR count). The number of rotatable bonds is 6. The number of methoxy groups -OCH3 is 1. The van der Waals surface area contributed by atoms with E-state index in [1.54, 1.807) is 7.11 Å². The number of nitrogens with zero attached hydrogens (tertiary/aromatic N) is 2. The fraction of sp³-hybridized carbons (Fsp3) is 0.636. The van der Waals surface area contributed by atoms with Gasteiger partial charge in [-0.1, -0.05) is 6.92 Å². The van der Waals surface area contributed by atoms with Gasteiger partial charge in [0.25, 0.3) is 0 Å². The first-order chi connectivity index (χ1) is 14.4. The number of carbonyl (C=O) groups is 1. The number of amides is 1. The van der Waals surface area contributed by atoms with E-state index >= 15 is 0 Å². The van der Waals surface area contributed by atoms with Crippen LogP contribution in [0.4, 0.5) is 11.4 Å². The highest BCUT2D eigenvalue weighted by Crippen LogP contribution is 2.37. The minimum absolute atomic E-state index is 0.0476. The van der Waals surface area contributed by atoms with Crippen molar-refractivity contribution in [2.45, 2.75) is 45.3 Å². The Morgan fingerprint density at radius 3 is 2.80 bits per heavy atom. The Morgan fingerprint density at radius 2 is 2.13 bits per heavy atom. The van der Waals surface area contributed by atoms with Crippen molar-refractivity contribution in [3.8, 4) is 5.75 Å². The van der Waals surface area contributed by atoms with Crippen molar-refractivity contribution in [3.63, 3.8) is 0 Å². The van der Waals surface area contributed by atoms with Crippen LogP contribution in [0.3, 0.4) is 0 Å². The Kier molecular flexibility index (Phi) is 7.91. The first-order valence-electron chi connectivity index (χ1n) is 10.6. The van der Waals surface area contributed by atoms with Crippen LogP contribution in [0.25, 0.3) is 0 Å². The minimum atomic E-state index is -0.161. The summed E-state index contributed by atoms with van der Waals surface area (Å²) < 4.78 is 17.2. The van der Waals surface area contributed by atoms with E-state index in [9.17, 15) is 4.79 Å². The van der Waals surface area contributed by atoms with Gasteiger partial charge in [0.1, 0.15) is 5.75 Å². The Bertz CT molecular complexity index is 765. The van der Waals surface area contributed by atoms with E-state index in [0.717, 1.165) is 55.6 Å². The molecule has 1 N–H and O–H groups in total. The number of nitrogens with one attached hydrogen (secondary N) is 1. The average Bonchev–Trinajstić information content (AvgIpc) is 2.85. The third-order valence-electron chi connectivity index (χ3n) is 5.63. The molecule has 1 fully saturated rings. The molecular formula is C22H33N3O4S. The maximum atomic E-state index is 13.1. The summed E-state index contributed by atoms with van der Waals surface area (Å²) in [5.74, 6) is 0.726.